The van der Waals surface area contributed by atoms with Gasteiger partial charge in [0.1, 0.15) is 0 Å². The molecule has 0 unspecified atom stereocenters. The highest BCUT2D eigenvalue weighted by atomic mass is 19.3. The van der Waals surface area contributed by atoms with Crippen LogP contribution in [0.1, 0.15) is 0 Å². The van der Waals surface area contributed by atoms with Gasteiger partial charge in [0.15, 0.2) is 0 Å². The molecule has 0 amide bonds. The molecule has 1 rings (SSSR count). The van der Waals surface area contributed by atoms with Crippen molar-refractivity contribution in [2.24, 2.45) is 0 Å². The summed E-state index contributed by atoms with van der Waals surface area (Å²) in [5.74, 6) is -9.14. The van der Waals surface area contributed by atoms with Gasteiger partial charge in [0.05, 0.1) is 0 Å². The fourth-order valence-electron chi connectivity index (χ4n) is 0.439. The molecule has 0 atom stereocenters. The van der Waals surface area contributed by atoms with Crippen LogP contribution in [-0.4, -0.2) is 17.5 Å². The lowest BCUT2D eigenvalue weighted by atomic mass is 10.4. The normalized spacial score (nSPS) is 34.0. The van der Waals surface area contributed by atoms with Crippen LogP contribution in [0.4, 0.5) is 22.0 Å². The Kier molecular flexibility index (Phi) is 0.816. The molecular weight excluding hydrogens is 143 g/mol. The van der Waals surface area contributed by atoms with E-state index < -0.39 is 17.5 Å². The van der Waals surface area contributed by atoms with Gasteiger partial charge in [-0.3, -0.25) is 0 Å². The van der Waals surface area contributed by atoms with Crippen molar-refractivity contribution in [1.29, 1.82) is 0 Å². The van der Waals surface area contributed by atoms with Crippen LogP contribution in [0.25, 0.3) is 0 Å². The van der Waals surface area contributed by atoms with Gasteiger partial charge in [0.25, 0.3) is 0 Å². The van der Waals surface area contributed by atoms with E-state index in [2.05, 4.69) is 0 Å². The SMILES string of the molecule is [CH2]C1(F)C(F)(F)C1(F)F. The lowest BCUT2D eigenvalue weighted by Crippen LogP contribution is -2.05. The van der Waals surface area contributed by atoms with Gasteiger partial charge >= 0.3 is 11.8 Å². The fourth-order valence-corrected chi connectivity index (χ4v) is 0.439. The molecule has 1 aliphatic carbocycles. The predicted molar refractivity (Wildman–Crippen MR) is 19.1 cm³/mol. The van der Waals surface area contributed by atoms with Crippen molar-refractivity contribution >= 4 is 0 Å². The van der Waals surface area contributed by atoms with Gasteiger partial charge in [-0.25, -0.2) is 4.39 Å². The Morgan fingerprint density at radius 2 is 0.889 bits per heavy atom. The molecule has 0 bridgehead atoms. The summed E-state index contributed by atoms with van der Waals surface area (Å²) in [6.07, 6.45) is 0. The first kappa shape index (κ1) is 6.77. The monoisotopic (exact) mass is 145 g/mol. The average Bonchev–Trinajstić information content (AvgIpc) is 1.84. The second-order valence-electron chi connectivity index (χ2n) is 1.95. The third-order valence-corrected chi connectivity index (χ3v) is 1.33. The highest BCUT2D eigenvalue weighted by Gasteiger charge is 2.96. The molecule has 5 heteroatoms. The maximum Gasteiger partial charge on any atom is 0.353 e. The van der Waals surface area contributed by atoms with Gasteiger partial charge in [-0.05, 0) is 6.92 Å². The van der Waals surface area contributed by atoms with Crippen LogP contribution in [0.2, 0.25) is 0 Å². The largest absolute Gasteiger partial charge is 0.353 e. The number of rotatable bonds is 0. The number of hydrogen-bond donors (Lipinski definition) is 0. The minimum Gasteiger partial charge on any atom is -0.230 e. The van der Waals surface area contributed by atoms with Gasteiger partial charge in [-0.2, -0.15) is 17.6 Å². The average molecular weight is 145 g/mol. The molecular formula is C4H2F5. The first-order chi connectivity index (χ1) is 3.75. The summed E-state index contributed by atoms with van der Waals surface area (Å²) in [4.78, 5) is 0. The van der Waals surface area contributed by atoms with Crippen LogP contribution in [0.5, 0.6) is 0 Å². The molecule has 0 aliphatic heterocycles. The molecule has 9 heavy (non-hydrogen) atoms. The zero-order valence-electron chi connectivity index (χ0n) is 4.10. The standard InChI is InChI=1S/C4H2F5/c1-2(5)3(6,7)4(2,8)9/h1H2. The van der Waals surface area contributed by atoms with Gasteiger partial charge in [-0.1, -0.05) is 0 Å². The molecule has 1 saturated carbocycles. The van der Waals surface area contributed by atoms with Crippen molar-refractivity contribution in [1.82, 2.24) is 0 Å². The van der Waals surface area contributed by atoms with Gasteiger partial charge in [-0.15, -0.1) is 0 Å². The van der Waals surface area contributed by atoms with Gasteiger partial charge in [0, 0.05) is 0 Å². The zero-order valence-corrected chi connectivity index (χ0v) is 4.10. The van der Waals surface area contributed by atoms with Gasteiger partial charge in [0.2, 0.25) is 5.67 Å². The molecule has 1 radical (unpaired) electrons. The summed E-state index contributed by atoms with van der Waals surface area (Å²) >= 11 is 0. The van der Waals surface area contributed by atoms with Crippen molar-refractivity contribution in [3.05, 3.63) is 6.92 Å². The van der Waals surface area contributed by atoms with E-state index in [0.717, 1.165) is 0 Å². The maximum absolute atomic E-state index is 11.7. The molecule has 0 saturated heterocycles. The molecule has 0 aromatic heterocycles. The Morgan fingerprint density at radius 3 is 0.889 bits per heavy atom. The summed E-state index contributed by atoms with van der Waals surface area (Å²) in [5.41, 5.74) is -3.88. The molecule has 0 heterocycles. The minimum atomic E-state index is -4.57. The van der Waals surface area contributed by atoms with Crippen LogP contribution < -0.4 is 0 Å². The van der Waals surface area contributed by atoms with Crippen LogP contribution in [0.3, 0.4) is 0 Å². The van der Waals surface area contributed by atoms with E-state index in [1.807, 2.05) is 6.92 Å². The molecule has 1 aliphatic rings. The molecule has 0 aromatic rings. The third-order valence-electron chi connectivity index (χ3n) is 1.33. The Hall–Kier alpha value is -0.350. The summed E-state index contributed by atoms with van der Waals surface area (Å²) < 4.78 is 57.7. The second-order valence-corrected chi connectivity index (χ2v) is 1.95. The molecule has 1 fully saturated rings. The quantitative estimate of drug-likeness (QED) is 0.456. The summed E-state index contributed by atoms with van der Waals surface area (Å²) in [5, 5.41) is 0. The first-order valence-corrected chi connectivity index (χ1v) is 2.05. The van der Waals surface area contributed by atoms with E-state index in [4.69, 9.17) is 0 Å². The summed E-state index contributed by atoms with van der Waals surface area (Å²) in [7, 11) is 0. The van der Waals surface area contributed by atoms with E-state index in [0.29, 0.717) is 0 Å². The minimum absolute atomic E-state index is 2.02. The Bertz CT molecular complexity index is 107. The fraction of sp³-hybridized carbons (Fsp3) is 0.750. The van der Waals surface area contributed by atoms with E-state index in [-0.39, 0.29) is 0 Å². The van der Waals surface area contributed by atoms with E-state index in [9.17, 15) is 22.0 Å². The molecule has 53 valence electrons. The Labute approximate surface area is 47.7 Å². The smallest absolute Gasteiger partial charge is 0.230 e. The Morgan fingerprint density at radius 1 is 0.778 bits per heavy atom. The van der Waals surface area contributed by atoms with Crippen LogP contribution >= 0.6 is 0 Å². The zero-order chi connectivity index (χ0) is 7.50. The number of halogens is 5. The lowest BCUT2D eigenvalue weighted by Gasteiger charge is -1.87. The van der Waals surface area contributed by atoms with E-state index in [1.165, 1.54) is 0 Å². The van der Waals surface area contributed by atoms with Crippen molar-refractivity contribution in [3.63, 3.8) is 0 Å². The molecule has 0 N–H and O–H groups in total. The lowest BCUT2D eigenvalue weighted by molar-refractivity contribution is -0.0278. The van der Waals surface area contributed by atoms with Crippen molar-refractivity contribution in [2.45, 2.75) is 17.5 Å². The number of alkyl halides is 5. The van der Waals surface area contributed by atoms with Crippen LogP contribution in [0, 0.1) is 6.92 Å². The third kappa shape index (κ3) is 0.402. The Balaban J connectivity index is 2.91. The van der Waals surface area contributed by atoms with E-state index in [1.54, 1.807) is 0 Å². The van der Waals surface area contributed by atoms with Gasteiger partial charge < -0.3 is 0 Å². The summed E-state index contributed by atoms with van der Waals surface area (Å²) in [6, 6.07) is 0. The molecule has 0 spiro atoms. The topological polar surface area (TPSA) is 0 Å². The maximum atomic E-state index is 11.7. The van der Waals surface area contributed by atoms with Crippen LogP contribution in [-0.2, 0) is 0 Å². The summed E-state index contributed by atoms with van der Waals surface area (Å²) in [6.45, 7) is 2.02. The van der Waals surface area contributed by atoms with E-state index >= 15 is 0 Å². The second kappa shape index (κ2) is 1.09. The predicted octanol–water partition coefficient (Wildman–Crippen LogP) is 1.81. The van der Waals surface area contributed by atoms with Crippen molar-refractivity contribution < 1.29 is 22.0 Å². The highest BCUT2D eigenvalue weighted by molar-refractivity contribution is 5.30. The van der Waals surface area contributed by atoms with Crippen molar-refractivity contribution in [2.75, 3.05) is 0 Å². The van der Waals surface area contributed by atoms with Crippen LogP contribution in [0.15, 0.2) is 0 Å². The molecule has 0 nitrogen and oxygen atoms in total. The van der Waals surface area contributed by atoms with Crippen molar-refractivity contribution in [3.8, 4) is 0 Å². The molecule has 0 aromatic carbocycles. The number of hydrogen-bond acceptors (Lipinski definition) is 0. The first-order valence-electron chi connectivity index (χ1n) is 2.05. The highest BCUT2D eigenvalue weighted by Crippen LogP contribution is 2.67.